The van der Waals surface area contributed by atoms with Crippen LogP contribution in [0.1, 0.15) is 11.6 Å². The highest BCUT2D eigenvalue weighted by molar-refractivity contribution is 9.10. The highest BCUT2D eigenvalue weighted by Gasteiger charge is 2.22. The summed E-state index contributed by atoms with van der Waals surface area (Å²) in [5.41, 5.74) is 3.59. The van der Waals surface area contributed by atoms with Crippen molar-refractivity contribution >= 4 is 38.4 Å². The predicted molar refractivity (Wildman–Crippen MR) is 113 cm³/mol. The average Bonchev–Trinajstić information content (AvgIpc) is 3.47. The zero-order valence-corrected chi connectivity index (χ0v) is 17.9. The summed E-state index contributed by atoms with van der Waals surface area (Å²) in [5, 5.41) is 17.0. The quantitative estimate of drug-likeness (QED) is 0.330. The molecule has 0 aliphatic rings. The van der Waals surface area contributed by atoms with Crippen molar-refractivity contribution in [3.05, 3.63) is 70.3 Å². The summed E-state index contributed by atoms with van der Waals surface area (Å²) in [6.07, 6.45) is 2.57. The van der Waals surface area contributed by atoms with Crippen molar-refractivity contribution in [3.8, 4) is 22.9 Å². The van der Waals surface area contributed by atoms with E-state index in [9.17, 15) is 0 Å². The number of benzene rings is 2. The van der Waals surface area contributed by atoms with E-state index in [0.29, 0.717) is 22.6 Å². The number of aromatic nitrogens is 5. The van der Waals surface area contributed by atoms with E-state index in [2.05, 4.69) is 40.9 Å². The molecule has 0 bridgehead atoms. The minimum atomic E-state index is 0.147. The molecule has 0 aliphatic carbocycles. The lowest BCUT2D eigenvalue weighted by molar-refractivity contribution is 0.262. The highest BCUT2D eigenvalue weighted by Crippen LogP contribution is 2.41. The maximum Gasteiger partial charge on any atom is 0.253 e. The van der Waals surface area contributed by atoms with Gasteiger partial charge in [-0.05, 0) is 53.2 Å². The first kappa shape index (κ1) is 18.8. The maximum atomic E-state index is 6.25. The molecule has 0 fully saturated rings. The Labute approximate surface area is 183 Å². The third-order valence-electron chi connectivity index (χ3n) is 4.65. The van der Waals surface area contributed by atoms with E-state index >= 15 is 0 Å². The maximum absolute atomic E-state index is 6.25. The standard InChI is InChI=1S/C20H13BrClN5O3/c1-11-19(20-26-24-10-30-20)14-6-17(28-8-18-25-23-9-29-18)15(21)7-16(14)27(11)13-4-2-3-12(22)5-13/h2-7,9-10H,8H2,1H3. The van der Waals surface area contributed by atoms with Gasteiger partial charge in [-0.1, -0.05) is 17.7 Å². The molecule has 30 heavy (non-hydrogen) atoms. The molecule has 0 saturated heterocycles. The molecule has 0 amide bonds. The molecule has 3 heterocycles. The average molecular weight is 487 g/mol. The largest absolute Gasteiger partial charge is 0.483 e. The van der Waals surface area contributed by atoms with Crippen LogP contribution >= 0.6 is 27.5 Å². The van der Waals surface area contributed by atoms with E-state index in [4.69, 9.17) is 25.2 Å². The summed E-state index contributed by atoms with van der Waals surface area (Å²) in [7, 11) is 0. The summed E-state index contributed by atoms with van der Waals surface area (Å²) < 4.78 is 19.4. The SMILES string of the molecule is Cc1c(-c2nnco2)c2cc(OCc3nnco3)c(Br)cc2n1-c1cccc(Cl)c1. The lowest BCUT2D eigenvalue weighted by Gasteiger charge is -2.10. The summed E-state index contributed by atoms with van der Waals surface area (Å²) in [5.74, 6) is 1.42. The van der Waals surface area contributed by atoms with Crippen molar-refractivity contribution in [2.75, 3.05) is 0 Å². The van der Waals surface area contributed by atoms with Gasteiger partial charge in [0, 0.05) is 21.8 Å². The Morgan fingerprint density at radius 1 is 1.10 bits per heavy atom. The van der Waals surface area contributed by atoms with Gasteiger partial charge in [0.1, 0.15) is 5.75 Å². The zero-order chi connectivity index (χ0) is 20.7. The molecule has 8 nitrogen and oxygen atoms in total. The van der Waals surface area contributed by atoms with Gasteiger partial charge >= 0.3 is 0 Å². The smallest absolute Gasteiger partial charge is 0.253 e. The van der Waals surface area contributed by atoms with Crippen molar-refractivity contribution < 1.29 is 13.6 Å². The van der Waals surface area contributed by atoms with Crippen LogP contribution in [0.3, 0.4) is 0 Å². The monoisotopic (exact) mass is 485 g/mol. The van der Waals surface area contributed by atoms with E-state index in [1.165, 1.54) is 12.8 Å². The lowest BCUT2D eigenvalue weighted by atomic mass is 10.1. The third kappa shape index (κ3) is 3.25. The van der Waals surface area contributed by atoms with Gasteiger partial charge in [0.15, 0.2) is 6.61 Å². The molecule has 150 valence electrons. The number of ether oxygens (including phenoxy) is 1. The molecule has 5 aromatic rings. The molecule has 0 atom stereocenters. The molecule has 10 heteroatoms. The molecule has 0 aliphatic heterocycles. The van der Waals surface area contributed by atoms with Gasteiger partial charge in [0.2, 0.25) is 18.7 Å². The van der Waals surface area contributed by atoms with Crippen molar-refractivity contribution in [2.45, 2.75) is 13.5 Å². The second kappa shape index (κ2) is 7.58. The Morgan fingerprint density at radius 3 is 2.67 bits per heavy atom. The fourth-order valence-electron chi connectivity index (χ4n) is 3.42. The van der Waals surface area contributed by atoms with E-state index in [0.717, 1.165) is 32.3 Å². The van der Waals surface area contributed by atoms with Crippen molar-refractivity contribution in [1.29, 1.82) is 0 Å². The Kier molecular flexibility index (Phi) is 4.76. The van der Waals surface area contributed by atoms with Crippen LogP contribution in [-0.2, 0) is 6.61 Å². The molecular formula is C20H13BrClN5O3. The molecule has 3 aromatic heterocycles. The topological polar surface area (TPSA) is 92.0 Å². The number of halogens is 2. The Morgan fingerprint density at radius 2 is 1.93 bits per heavy atom. The van der Waals surface area contributed by atoms with Gasteiger partial charge < -0.3 is 18.1 Å². The Balaban J connectivity index is 1.71. The van der Waals surface area contributed by atoms with Gasteiger partial charge in [-0.15, -0.1) is 20.4 Å². The van der Waals surface area contributed by atoms with Crippen molar-refractivity contribution in [1.82, 2.24) is 25.0 Å². The minimum Gasteiger partial charge on any atom is -0.483 e. The third-order valence-corrected chi connectivity index (χ3v) is 5.51. The second-order valence-corrected chi connectivity index (χ2v) is 7.73. The van der Waals surface area contributed by atoms with Gasteiger partial charge in [0.25, 0.3) is 5.89 Å². The number of nitrogens with zero attached hydrogens (tertiary/aromatic N) is 5. The highest BCUT2D eigenvalue weighted by atomic mass is 79.9. The minimum absolute atomic E-state index is 0.147. The van der Waals surface area contributed by atoms with Crippen molar-refractivity contribution in [2.24, 2.45) is 0 Å². The van der Waals surface area contributed by atoms with E-state index in [1.54, 1.807) is 0 Å². The van der Waals surface area contributed by atoms with Crippen LogP contribution in [0, 0.1) is 6.92 Å². The van der Waals surface area contributed by atoms with Crippen molar-refractivity contribution in [3.63, 3.8) is 0 Å². The van der Waals surface area contributed by atoms with Crippen LogP contribution in [0.15, 0.2) is 62.5 Å². The first-order valence-corrected chi connectivity index (χ1v) is 10.0. The molecular weight excluding hydrogens is 474 g/mol. The second-order valence-electron chi connectivity index (χ2n) is 6.44. The first-order chi connectivity index (χ1) is 14.6. The summed E-state index contributed by atoms with van der Waals surface area (Å²) in [6.45, 7) is 2.14. The van der Waals surface area contributed by atoms with Crippen LogP contribution in [-0.4, -0.2) is 25.0 Å². The fourth-order valence-corrected chi connectivity index (χ4v) is 4.05. The van der Waals surface area contributed by atoms with Crippen LogP contribution in [0.4, 0.5) is 0 Å². The predicted octanol–water partition coefficient (Wildman–Crippen LogP) is 5.37. The van der Waals surface area contributed by atoms with Crippen LogP contribution in [0.2, 0.25) is 5.02 Å². The molecule has 2 aromatic carbocycles. The molecule has 0 N–H and O–H groups in total. The van der Waals surface area contributed by atoms with E-state index in [-0.39, 0.29) is 6.61 Å². The molecule has 0 radical (unpaired) electrons. The first-order valence-electron chi connectivity index (χ1n) is 8.86. The van der Waals surface area contributed by atoms with Crippen LogP contribution in [0.5, 0.6) is 5.75 Å². The Hall–Kier alpha value is -3.17. The fraction of sp³-hybridized carbons (Fsp3) is 0.100. The number of hydrogen-bond acceptors (Lipinski definition) is 7. The summed E-state index contributed by atoms with van der Waals surface area (Å²) >= 11 is 9.85. The summed E-state index contributed by atoms with van der Waals surface area (Å²) in [4.78, 5) is 0. The van der Waals surface area contributed by atoms with Gasteiger partial charge in [-0.25, -0.2) is 0 Å². The molecule has 0 unspecified atom stereocenters. The number of rotatable bonds is 5. The van der Waals surface area contributed by atoms with Gasteiger partial charge in [0.05, 0.1) is 15.6 Å². The number of fused-ring (bicyclic) bond motifs is 1. The zero-order valence-electron chi connectivity index (χ0n) is 15.5. The van der Waals surface area contributed by atoms with Crippen LogP contribution in [0.25, 0.3) is 28.0 Å². The van der Waals surface area contributed by atoms with Gasteiger partial charge in [-0.3, -0.25) is 0 Å². The molecule has 0 spiro atoms. The number of hydrogen-bond donors (Lipinski definition) is 0. The van der Waals surface area contributed by atoms with E-state index < -0.39 is 0 Å². The van der Waals surface area contributed by atoms with Crippen LogP contribution < -0.4 is 4.74 Å². The molecule has 0 saturated carbocycles. The van der Waals surface area contributed by atoms with Gasteiger partial charge in [-0.2, -0.15) is 0 Å². The van der Waals surface area contributed by atoms with E-state index in [1.807, 2.05) is 43.3 Å². The Bertz CT molecular complexity index is 1330. The summed E-state index contributed by atoms with van der Waals surface area (Å²) in [6, 6.07) is 11.5. The lowest BCUT2D eigenvalue weighted by Crippen LogP contribution is -1.98. The normalized spacial score (nSPS) is 11.3. The molecule has 5 rings (SSSR count).